The average molecular weight is 194 g/mol. The van der Waals surface area contributed by atoms with Crippen LogP contribution in [-0.4, -0.2) is 17.0 Å². The molecule has 0 aromatic heterocycles. The number of hydrogen-bond acceptors (Lipinski definition) is 2. The highest BCUT2D eigenvalue weighted by Gasteiger charge is 2.40. The summed E-state index contributed by atoms with van der Waals surface area (Å²) in [4.78, 5) is 9.77. The molecule has 0 aliphatic heterocycles. The van der Waals surface area contributed by atoms with E-state index < -0.39 is 17.0 Å². The van der Waals surface area contributed by atoms with Gasteiger partial charge in [0.05, 0.1) is 0 Å². The maximum atomic E-state index is 12.2. The van der Waals surface area contributed by atoms with Crippen molar-refractivity contribution in [2.75, 3.05) is 0 Å². The lowest BCUT2D eigenvalue weighted by atomic mass is 10.7. The molecule has 0 radical (unpaired) electrons. The number of nitrogens with two attached hydrogens (primary N) is 1. The number of carbonyl (C=O) groups is 1. The van der Waals surface area contributed by atoms with E-state index in [9.17, 15) is 13.6 Å². The minimum atomic E-state index is -3.38. The largest absolute Gasteiger partial charge is 0.408 e. The summed E-state index contributed by atoms with van der Waals surface area (Å²) in [7, 11) is 0. The summed E-state index contributed by atoms with van der Waals surface area (Å²) in [6.07, 6.45) is -1.54. The summed E-state index contributed by atoms with van der Waals surface area (Å²) >= 11 is 9.08. The maximum Gasteiger partial charge on any atom is 0.408 e. The van der Waals surface area contributed by atoms with Gasteiger partial charge in [0, 0.05) is 0 Å². The Morgan fingerprint density at radius 1 is 1.80 bits per heavy atom. The standard InChI is InChI=1S/C3H3Cl2F2NO2/c4-1(6)3(5,7)10-2(8)9/h1H,(H2,8,9). The van der Waals surface area contributed by atoms with E-state index in [1.807, 2.05) is 0 Å². The molecule has 0 fully saturated rings. The van der Waals surface area contributed by atoms with Gasteiger partial charge in [0.1, 0.15) is 0 Å². The van der Waals surface area contributed by atoms with E-state index in [1.54, 1.807) is 0 Å². The van der Waals surface area contributed by atoms with Crippen LogP contribution < -0.4 is 5.73 Å². The van der Waals surface area contributed by atoms with Crippen molar-refractivity contribution in [3.63, 3.8) is 0 Å². The SMILES string of the molecule is NC(=O)OC(F)(Cl)C(F)Cl. The molecular formula is C3H3Cl2F2NO2. The molecule has 0 bridgehead atoms. The average Bonchev–Trinajstić information content (AvgIpc) is 1.60. The first kappa shape index (κ1) is 9.71. The predicted octanol–water partition coefficient (Wildman–Crippen LogP) is 1.48. The van der Waals surface area contributed by atoms with Gasteiger partial charge in [0.2, 0.25) is 0 Å². The van der Waals surface area contributed by atoms with Gasteiger partial charge in [-0.15, -0.1) is 0 Å². The summed E-state index contributed by atoms with van der Waals surface area (Å²) in [5, 5.41) is -3.38. The Kier molecular flexibility index (Phi) is 3.11. The van der Waals surface area contributed by atoms with Crippen LogP contribution in [0, 0.1) is 0 Å². The fourth-order valence-electron chi connectivity index (χ4n) is 0.179. The number of rotatable bonds is 2. The first-order valence-electron chi connectivity index (χ1n) is 2.00. The van der Waals surface area contributed by atoms with E-state index in [1.165, 1.54) is 0 Å². The van der Waals surface area contributed by atoms with E-state index >= 15 is 0 Å². The molecule has 0 aromatic rings. The van der Waals surface area contributed by atoms with E-state index in [4.69, 9.17) is 0 Å². The van der Waals surface area contributed by atoms with Crippen molar-refractivity contribution in [3.05, 3.63) is 0 Å². The number of hydrogen-bond donors (Lipinski definition) is 1. The molecule has 0 aromatic carbocycles. The summed E-state index contributed by atoms with van der Waals surface area (Å²) in [5.74, 6) is 0. The molecular weight excluding hydrogens is 191 g/mol. The Hall–Kier alpha value is -0.290. The molecule has 0 heterocycles. The second-order valence-electron chi connectivity index (χ2n) is 1.28. The van der Waals surface area contributed by atoms with Crippen molar-refractivity contribution >= 4 is 29.3 Å². The monoisotopic (exact) mass is 193 g/mol. The first-order valence-corrected chi connectivity index (χ1v) is 2.82. The smallest absolute Gasteiger partial charge is 0.394 e. The molecule has 0 saturated heterocycles. The number of halogens is 4. The van der Waals surface area contributed by atoms with Crippen LogP contribution in [0.4, 0.5) is 13.6 Å². The van der Waals surface area contributed by atoms with E-state index in [-0.39, 0.29) is 0 Å². The molecule has 3 nitrogen and oxygen atoms in total. The Bertz CT molecular complexity index is 140. The minimum Gasteiger partial charge on any atom is -0.394 e. The summed E-state index contributed by atoms with van der Waals surface area (Å²) in [6, 6.07) is 0. The third-order valence-electron chi connectivity index (χ3n) is 0.491. The topological polar surface area (TPSA) is 52.3 Å². The van der Waals surface area contributed by atoms with Crippen molar-refractivity contribution in [2.24, 2.45) is 5.73 Å². The highest BCUT2D eigenvalue weighted by Crippen LogP contribution is 2.28. The van der Waals surface area contributed by atoms with Crippen LogP contribution in [0.15, 0.2) is 0 Å². The van der Waals surface area contributed by atoms with Crippen molar-refractivity contribution in [3.8, 4) is 0 Å². The van der Waals surface area contributed by atoms with Crippen LogP contribution in [-0.2, 0) is 4.74 Å². The Balaban J connectivity index is 3.99. The van der Waals surface area contributed by atoms with E-state index in [2.05, 4.69) is 33.7 Å². The van der Waals surface area contributed by atoms with Crippen LogP contribution in [0.5, 0.6) is 0 Å². The van der Waals surface area contributed by atoms with Gasteiger partial charge in [-0.25, -0.2) is 9.18 Å². The number of carbonyl (C=O) groups excluding carboxylic acids is 1. The Morgan fingerprint density at radius 3 is 2.30 bits per heavy atom. The number of ether oxygens (including phenoxy) is 1. The third-order valence-corrected chi connectivity index (χ3v) is 1.15. The Labute approximate surface area is 65.0 Å². The minimum absolute atomic E-state index is 1.54. The van der Waals surface area contributed by atoms with Crippen molar-refractivity contribution in [2.45, 2.75) is 10.9 Å². The highest BCUT2D eigenvalue weighted by molar-refractivity contribution is 6.30. The van der Waals surface area contributed by atoms with E-state index in [0.29, 0.717) is 0 Å². The molecule has 10 heavy (non-hydrogen) atoms. The normalized spacial score (nSPS) is 19.2. The zero-order valence-electron chi connectivity index (χ0n) is 4.48. The summed E-state index contributed by atoms with van der Waals surface area (Å²) in [5.41, 5.74) is 1.65. The van der Waals surface area contributed by atoms with Gasteiger partial charge in [-0.3, -0.25) is 0 Å². The van der Waals surface area contributed by atoms with Gasteiger partial charge in [-0.05, 0) is 11.6 Å². The maximum absolute atomic E-state index is 12.2. The van der Waals surface area contributed by atoms with Crippen molar-refractivity contribution < 1.29 is 18.3 Å². The zero-order valence-corrected chi connectivity index (χ0v) is 5.99. The van der Waals surface area contributed by atoms with Crippen LogP contribution in [0.3, 0.4) is 0 Å². The molecule has 0 saturated carbocycles. The lowest BCUT2D eigenvalue weighted by molar-refractivity contribution is -0.0494. The quantitative estimate of drug-likeness (QED) is 0.676. The second kappa shape index (κ2) is 3.21. The highest BCUT2D eigenvalue weighted by atomic mass is 35.5. The zero-order chi connectivity index (χ0) is 8.36. The van der Waals surface area contributed by atoms with Crippen LogP contribution in [0.1, 0.15) is 0 Å². The summed E-state index contributed by atoms with van der Waals surface area (Å²) < 4.78 is 27.4. The van der Waals surface area contributed by atoms with Gasteiger partial charge in [0.15, 0.2) is 0 Å². The molecule has 60 valence electrons. The molecule has 0 spiro atoms. The summed E-state index contributed by atoms with van der Waals surface area (Å²) in [6.45, 7) is 0. The van der Waals surface area contributed by atoms with E-state index in [0.717, 1.165) is 0 Å². The predicted molar refractivity (Wildman–Crippen MR) is 31.1 cm³/mol. The van der Waals surface area contributed by atoms with Gasteiger partial charge in [-0.2, -0.15) is 4.39 Å². The van der Waals surface area contributed by atoms with Gasteiger partial charge >= 0.3 is 11.4 Å². The van der Waals surface area contributed by atoms with Gasteiger partial charge in [-0.1, -0.05) is 11.6 Å². The molecule has 0 aliphatic rings. The first-order chi connectivity index (χ1) is 4.36. The second-order valence-corrected chi connectivity index (χ2v) is 2.18. The molecule has 0 aliphatic carbocycles. The lowest BCUT2D eigenvalue weighted by Crippen LogP contribution is -2.33. The van der Waals surface area contributed by atoms with Crippen LogP contribution in [0.25, 0.3) is 0 Å². The fourth-order valence-corrected chi connectivity index (χ4v) is 0.299. The molecule has 2 unspecified atom stereocenters. The number of primary amides is 1. The van der Waals surface area contributed by atoms with Gasteiger partial charge in [0.25, 0.3) is 5.63 Å². The molecule has 7 heteroatoms. The number of amides is 1. The fraction of sp³-hybridized carbons (Fsp3) is 0.667. The Morgan fingerprint density at radius 2 is 2.20 bits per heavy atom. The van der Waals surface area contributed by atoms with Crippen molar-refractivity contribution in [1.82, 2.24) is 0 Å². The molecule has 2 atom stereocenters. The van der Waals surface area contributed by atoms with Gasteiger partial charge < -0.3 is 10.5 Å². The van der Waals surface area contributed by atoms with Crippen LogP contribution >= 0.6 is 23.2 Å². The van der Waals surface area contributed by atoms with Crippen molar-refractivity contribution in [1.29, 1.82) is 0 Å². The molecule has 2 N–H and O–H groups in total. The molecule has 0 rings (SSSR count). The van der Waals surface area contributed by atoms with Crippen LogP contribution in [0.2, 0.25) is 0 Å². The molecule has 1 amide bonds. The lowest BCUT2D eigenvalue weighted by Gasteiger charge is -2.15. The third kappa shape index (κ3) is 3.03. The number of alkyl halides is 4.